The van der Waals surface area contributed by atoms with Crippen LogP contribution in [0, 0.1) is 6.92 Å². The largest absolute Gasteiger partial charge is 0.372 e. The van der Waals surface area contributed by atoms with Crippen LogP contribution in [-0.4, -0.2) is 25.0 Å². The van der Waals surface area contributed by atoms with Gasteiger partial charge in [-0.1, -0.05) is 17.7 Å². The molecule has 0 spiro atoms. The molecule has 1 unspecified atom stereocenters. The highest BCUT2D eigenvalue weighted by atomic mass is 16.1. The second-order valence-corrected chi connectivity index (χ2v) is 4.21. The van der Waals surface area contributed by atoms with Gasteiger partial charge in [0.1, 0.15) is 0 Å². The Hall–Kier alpha value is -1.55. The molecule has 4 heteroatoms. The van der Waals surface area contributed by atoms with Gasteiger partial charge in [0.15, 0.2) is 0 Å². The minimum Gasteiger partial charge on any atom is -0.372 e. The Bertz CT molecular complexity index is 361. The lowest BCUT2D eigenvalue weighted by atomic mass is 10.1. The topological polar surface area (TPSA) is 72.3 Å². The van der Waals surface area contributed by atoms with Crippen LogP contribution >= 0.6 is 0 Å². The van der Waals surface area contributed by atoms with Crippen molar-refractivity contribution in [3.63, 3.8) is 0 Å². The summed E-state index contributed by atoms with van der Waals surface area (Å²) in [4.78, 5) is 13.0. The van der Waals surface area contributed by atoms with Gasteiger partial charge in [-0.3, -0.25) is 4.79 Å². The summed E-state index contributed by atoms with van der Waals surface area (Å²) >= 11 is 0. The summed E-state index contributed by atoms with van der Waals surface area (Å²) in [5.41, 5.74) is 13.1. The molecular weight excluding hydrogens is 214 g/mol. The van der Waals surface area contributed by atoms with E-state index in [0.29, 0.717) is 6.42 Å². The molecule has 94 valence electrons. The summed E-state index contributed by atoms with van der Waals surface area (Å²) in [7, 11) is 0. The quantitative estimate of drug-likeness (QED) is 0.773. The first-order valence-electron chi connectivity index (χ1n) is 5.91. The van der Waals surface area contributed by atoms with Crippen LogP contribution < -0.4 is 16.4 Å². The molecule has 0 radical (unpaired) electrons. The van der Waals surface area contributed by atoms with Crippen LogP contribution in [0.5, 0.6) is 0 Å². The second-order valence-electron chi connectivity index (χ2n) is 4.21. The van der Waals surface area contributed by atoms with Crippen molar-refractivity contribution in [1.82, 2.24) is 0 Å². The van der Waals surface area contributed by atoms with Crippen LogP contribution in [-0.2, 0) is 4.79 Å². The molecule has 0 aliphatic carbocycles. The van der Waals surface area contributed by atoms with Gasteiger partial charge in [0.25, 0.3) is 0 Å². The lowest BCUT2D eigenvalue weighted by Gasteiger charge is -2.24. The summed E-state index contributed by atoms with van der Waals surface area (Å²) in [5, 5.41) is 0. The van der Waals surface area contributed by atoms with E-state index in [1.54, 1.807) is 0 Å². The molecular formula is C13H21N3O. The molecule has 0 heterocycles. The predicted octanol–water partition coefficient (Wildman–Crippen LogP) is 1.02. The zero-order valence-corrected chi connectivity index (χ0v) is 10.5. The lowest BCUT2D eigenvalue weighted by molar-refractivity contribution is -0.119. The Kier molecular flexibility index (Phi) is 4.97. The van der Waals surface area contributed by atoms with Gasteiger partial charge in [0, 0.05) is 18.8 Å². The number of benzene rings is 1. The molecule has 0 aliphatic rings. The van der Waals surface area contributed by atoms with E-state index in [1.165, 1.54) is 5.56 Å². The molecule has 0 bridgehead atoms. The molecule has 0 fully saturated rings. The SMILES string of the molecule is CCN(CCC(N)C(N)=O)c1ccc(C)cc1. The van der Waals surface area contributed by atoms with Gasteiger partial charge in [-0.15, -0.1) is 0 Å². The number of hydrogen-bond acceptors (Lipinski definition) is 3. The van der Waals surface area contributed by atoms with Gasteiger partial charge in [-0.25, -0.2) is 0 Å². The first-order chi connectivity index (χ1) is 8.04. The fourth-order valence-electron chi connectivity index (χ4n) is 1.66. The smallest absolute Gasteiger partial charge is 0.234 e. The fraction of sp³-hybridized carbons (Fsp3) is 0.462. The van der Waals surface area contributed by atoms with E-state index in [4.69, 9.17) is 11.5 Å². The van der Waals surface area contributed by atoms with E-state index >= 15 is 0 Å². The maximum atomic E-state index is 10.9. The average Bonchev–Trinajstić information content (AvgIpc) is 2.31. The Labute approximate surface area is 103 Å². The molecule has 1 rings (SSSR count). The number of amides is 1. The Balaban J connectivity index is 2.60. The maximum absolute atomic E-state index is 10.9. The highest BCUT2D eigenvalue weighted by Gasteiger charge is 2.11. The summed E-state index contributed by atoms with van der Waals surface area (Å²) < 4.78 is 0. The third kappa shape index (κ3) is 4.07. The standard InChI is InChI=1S/C13H21N3O/c1-3-16(9-8-12(14)13(15)17)11-6-4-10(2)5-7-11/h4-7,12H,3,8-9,14H2,1-2H3,(H2,15,17). The average molecular weight is 235 g/mol. The van der Waals surface area contributed by atoms with Gasteiger partial charge >= 0.3 is 0 Å². The predicted molar refractivity (Wildman–Crippen MR) is 70.9 cm³/mol. The number of carbonyl (C=O) groups is 1. The van der Waals surface area contributed by atoms with E-state index in [1.807, 2.05) is 0 Å². The van der Waals surface area contributed by atoms with Crippen LogP contribution in [0.25, 0.3) is 0 Å². The summed E-state index contributed by atoms with van der Waals surface area (Å²) in [6.45, 7) is 5.76. The summed E-state index contributed by atoms with van der Waals surface area (Å²) in [5.74, 6) is -0.440. The highest BCUT2D eigenvalue weighted by Crippen LogP contribution is 2.15. The highest BCUT2D eigenvalue weighted by molar-refractivity contribution is 5.79. The molecule has 1 amide bonds. The van der Waals surface area contributed by atoms with Gasteiger partial charge in [-0.05, 0) is 32.4 Å². The van der Waals surface area contributed by atoms with Gasteiger partial charge in [-0.2, -0.15) is 0 Å². The van der Waals surface area contributed by atoms with Crippen LogP contribution in [0.1, 0.15) is 18.9 Å². The number of anilines is 1. The maximum Gasteiger partial charge on any atom is 0.234 e. The van der Waals surface area contributed by atoms with E-state index in [9.17, 15) is 4.79 Å². The molecule has 0 saturated carbocycles. The van der Waals surface area contributed by atoms with Crippen molar-refractivity contribution in [2.24, 2.45) is 11.5 Å². The molecule has 4 N–H and O–H groups in total. The van der Waals surface area contributed by atoms with Crippen molar-refractivity contribution in [3.8, 4) is 0 Å². The van der Waals surface area contributed by atoms with Gasteiger partial charge < -0.3 is 16.4 Å². The summed E-state index contributed by atoms with van der Waals surface area (Å²) in [6.07, 6.45) is 0.580. The third-order valence-corrected chi connectivity index (χ3v) is 2.86. The number of carbonyl (C=O) groups excluding carboxylic acids is 1. The van der Waals surface area contributed by atoms with E-state index in [-0.39, 0.29) is 0 Å². The second kappa shape index (κ2) is 6.25. The van der Waals surface area contributed by atoms with Crippen LogP contribution in [0.2, 0.25) is 0 Å². The Morgan fingerprint density at radius 1 is 1.35 bits per heavy atom. The van der Waals surface area contributed by atoms with E-state index in [0.717, 1.165) is 18.8 Å². The molecule has 0 aliphatic heterocycles. The van der Waals surface area contributed by atoms with Crippen molar-refractivity contribution in [1.29, 1.82) is 0 Å². The number of aryl methyl sites for hydroxylation is 1. The fourth-order valence-corrected chi connectivity index (χ4v) is 1.66. The van der Waals surface area contributed by atoms with Gasteiger partial charge in [0.05, 0.1) is 6.04 Å². The number of nitrogens with zero attached hydrogens (tertiary/aromatic N) is 1. The zero-order valence-electron chi connectivity index (χ0n) is 10.5. The molecule has 4 nitrogen and oxygen atoms in total. The van der Waals surface area contributed by atoms with Crippen LogP contribution in [0.4, 0.5) is 5.69 Å². The normalized spacial score (nSPS) is 12.2. The van der Waals surface area contributed by atoms with Crippen molar-refractivity contribution in [2.45, 2.75) is 26.3 Å². The molecule has 0 saturated heterocycles. The van der Waals surface area contributed by atoms with Crippen molar-refractivity contribution in [3.05, 3.63) is 29.8 Å². The number of nitrogens with two attached hydrogens (primary N) is 2. The monoisotopic (exact) mass is 235 g/mol. The van der Waals surface area contributed by atoms with Crippen molar-refractivity contribution >= 4 is 11.6 Å². The minimum atomic E-state index is -0.561. The van der Waals surface area contributed by atoms with Crippen LogP contribution in [0.15, 0.2) is 24.3 Å². The van der Waals surface area contributed by atoms with Gasteiger partial charge in [0.2, 0.25) is 5.91 Å². The summed E-state index contributed by atoms with van der Waals surface area (Å²) in [6, 6.07) is 7.75. The Morgan fingerprint density at radius 3 is 2.41 bits per heavy atom. The van der Waals surface area contributed by atoms with Crippen molar-refractivity contribution in [2.75, 3.05) is 18.0 Å². The van der Waals surface area contributed by atoms with Crippen LogP contribution in [0.3, 0.4) is 0 Å². The number of hydrogen-bond donors (Lipinski definition) is 2. The lowest BCUT2D eigenvalue weighted by Crippen LogP contribution is -2.39. The van der Waals surface area contributed by atoms with E-state index < -0.39 is 11.9 Å². The molecule has 17 heavy (non-hydrogen) atoms. The Morgan fingerprint density at radius 2 is 1.94 bits per heavy atom. The molecule has 0 aromatic heterocycles. The zero-order chi connectivity index (χ0) is 12.8. The minimum absolute atomic E-state index is 0.440. The first kappa shape index (κ1) is 13.5. The number of rotatable bonds is 6. The molecule has 1 aromatic carbocycles. The first-order valence-corrected chi connectivity index (χ1v) is 5.91. The molecule has 1 atom stereocenters. The number of primary amides is 1. The molecule has 1 aromatic rings. The van der Waals surface area contributed by atoms with E-state index in [2.05, 4.69) is 43.0 Å². The van der Waals surface area contributed by atoms with Crippen molar-refractivity contribution < 1.29 is 4.79 Å². The third-order valence-electron chi connectivity index (χ3n) is 2.86.